The maximum Gasteiger partial charge on any atom is 0.161 e. The highest BCUT2D eigenvalue weighted by atomic mass is 19.1. The first-order valence-corrected chi connectivity index (χ1v) is 12.0. The molecular formula is C28H39FN2O4. The lowest BCUT2D eigenvalue weighted by Gasteiger charge is -2.32. The third-order valence-electron chi connectivity index (χ3n) is 6.54. The van der Waals surface area contributed by atoms with E-state index in [0.717, 1.165) is 43.5 Å². The second-order valence-electron chi connectivity index (χ2n) is 8.99. The molecule has 7 heteroatoms. The third kappa shape index (κ3) is 7.25. The molecule has 0 aliphatic rings. The number of alkyl halides is 1. The van der Waals surface area contributed by atoms with Gasteiger partial charge in [-0.2, -0.15) is 5.26 Å². The van der Waals surface area contributed by atoms with Crippen molar-refractivity contribution >= 4 is 0 Å². The summed E-state index contributed by atoms with van der Waals surface area (Å²) in [6.45, 7) is 5.41. The fourth-order valence-electron chi connectivity index (χ4n) is 4.32. The van der Waals surface area contributed by atoms with Crippen LogP contribution >= 0.6 is 0 Å². The Morgan fingerprint density at radius 1 is 0.943 bits per heavy atom. The van der Waals surface area contributed by atoms with Gasteiger partial charge in [0, 0.05) is 6.54 Å². The molecule has 0 unspecified atom stereocenters. The predicted molar refractivity (Wildman–Crippen MR) is 137 cm³/mol. The summed E-state index contributed by atoms with van der Waals surface area (Å²) in [5.74, 6) is 2.61. The summed E-state index contributed by atoms with van der Waals surface area (Å²) in [7, 11) is 6.90. The number of ether oxygens (including phenoxy) is 4. The van der Waals surface area contributed by atoms with E-state index >= 15 is 0 Å². The average Bonchev–Trinajstić information content (AvgIpc) is 2.88. The van der Waals surface area contributed by atoms with Gasteiger partial charge < -0.3 is 23.8 Å². The Morgan fingerprint density at radius 3 is 2.20 bits per heavy atom. The molecule has 6 nitrogen and oxygen atoms in total. The van der Waals surface area contributed by atoms with Crippen LogP contribution in [0.5, 0.6) is 23.0 Å². The van der Waals surface area contributed by atoms with Gasteiger partial charge in [-0.3, -0.25) is 0 Å². The van der Waals surface area contributed by atoms with Gasteiger partial charge in [-0.05, 0) is 74.2 Å². The van der Waals surface area contributed by atoms with Crippen molar-refractivity contribution in [3.8, 4) is 29.1 Å². The van der Waals surface area contributed by atoms with Crippen LogP contribution in [0, 0.1) is 17.2 Å². The van der Waals surface area contributed by atoms with E-state index in [4.69, 9.17) is 18.9 Å². The summed E-state index contributed by atoms with van der Waals surface area (Å²) >= 11 is 0. The molecule has 2 aromatic rings. The Hall–Kier alpha value is -2.98. The number of hydrogen-bond acceptors (Lipinski definition) is 6. The zero-order valence-electron chi connectivity index (χ0n) is 21.9. The zero-order valence-corrected chi connectivity index (χ0v) is 21.9. The van der Waals surface area contributed by atoms with Crippen molar-refractivity contribution in [1.29, 1.82) is 5.26 Å². The van der Waals surface area contributed by atoms with Crippen molar-refractivity contribution in [2.75, 3.05) is 54.7 Å². The van der Waals surface area contributed by atoms with Crippen molar-refractivity contribution in [3.05, 3.63) is 47.5 Å². The monoisotopic (exact) mass is 486 g/mol. The summed E-state index contributed by atoms with van der Waals surface area (Å²) in [6.07, 6.45) is 2.48. The molecule has 0 spiro atoms. The maximum absolute atomic E-state index is 12.4. The van der Waals surface area contributed by atoms with Gasteiger partial charge in [-0.1, -0.05) is 26.0 Å². The number of methoxy groups -OCH3 is 3. The summed E-state index contributed by atoms with van der Waals surface area (Å²) in [5.41, 5.74) is 1.47. The van der Waals surface area contributed by atoms with Gasteiger partial charge in [-0.15, -0.1) is 0 Å². The van der Waals surface area contributed by atoms with Crippen LogP contribution in [0.4, 0.5) is 4.39 Å². The van der Waals surface area contributed by atoms with Gasteiger partial charge in [0.05, 0.1) is 32.8 Å². The van der Waals surface area contributed by atoms with Gasteiger partial charge in [-0.25, -0.2) is 4.39 Å². The molecule has 0 saturated carbocycles. The molecular weight excluding hydrogens is 447 g/mol. The van der Waals surface area contributed by atoms with Crippen LogP contribution in [0.3, 0.4) is 0 Å². The summed E-state index contributed by atoms with van der Waals surface area (Å²) in [4.78, 5) is 2.27. The Labute approximate surface area is 209 Å². The summed E-state index contributed by atoms with van der Waals surface area (Å²) in [5, 5.41) is 10.3. The van der Waals surface area contributed by atoms with Gasteiger partial charge in [0.25, 0.3) is 0 Å². The molecule has 1 atom stereocenters. The molecule has 0 aliphatic carbocycles. The first-order chi connectivity index (χ1) is 16.8. The Kier molecular flexibility index (Phi) is 11.1. The highest BCUT2D eigenvalue weighted by molar-refractivity contribution is 5.47. The molecule has 0 fully saturated rings. The quantitative estimate of drug-likeness (QED) is 0.334. The van der Waals surface area contributed by atoms with E-state index in [1.165, 1.54) is 0 Å². The first-order valence-electron chi connectivity index (χ1n) is 12.0. The van der Waals surface area contributed by atoms with Gasteiger partial charge in [0.1, 0.15) is 13.3 Å². The van der Waals surface area contributed by atoms with Crippen molar-refractivity contribution < 1.29 is 23.3 Å². The predicted octanol–water partition coefficient (Wildman–Crippen LogP) is 5.43. The minimum atomic E-state index is -0.608. The fraction of sp³-hybridized carbons (Fsp3) is 0.536. The smallest absolute Gasteiger partial charge is 0.161 e. The Balaban J connectivity index is 2.00. The lowest BCUT2D eigenvalue weighted by molar-refractivity contribution is 0.260. The molecule has 35 heavy (non-hydrogen) atoms. The highest BCUT2D eigenvalue weighted by Crippen LogP contribution is 2.40. The first kappa shape index (κ1) is 28.3. The largest absolute Gasteiger partial charge is 0.493 e. The standard InChI is InChI=1S/C28H39FN2O4/c1-21(2)28(20-30,23-9-11-24(32-4)27(19-23)34-6)13-7-15-31(3)16-12-22-8-10-25(35-17-14-29)26(18-22)33-5/h8-11,18-19,21H,7,12-17H2,1-6H3/t28-/m0/s1. The van der Waals surface area contributed by atoms with Gasteiger partial charge >= 0.3 is 0 Å². The summed E-state index contributed by atoms with van der Waals surface area (Å²) < 4.78 is 34.0. The molecule has 0 radical (unpaired) electrons. The topological polar surface area (TPSA) is 64.0 Å². The maximum atomic E-state index is 12.4. The second-order valence-corrected chi connectivity index (χ2v) is 8.99. The second kappa shape index (κ2) is 13.8. The third-order valence-corrected chi connectivity index (χ3v) is 6.54. The molecule has 0 aliphatic heterocycles. The van der Waals surface area contributed by atoms with Crippen LogP contribution in [-0.4, -0.2) is 59.6 Å². The van der Waals surface area contributed by atoms with Crippen LogP contribution in [0.1, 0.15) is 37.8 Å². The van der Waals surface area contributed by atoms with Crippen LogP contribution in [0.15, 0.2) is 36.4 Å². The van der Waals surface area contributed by atoms with E-state index in [1.807, 2.05) is 36.4 Å². The highest BCUT2D eigenvalue weighted by Gasteiger charge is 2.36. The molecule has 0 saturated heterocycles. The lowest BCUT2D eigenvalue weighted by atomic mass is 9.69. The number of rotatable bonds is 15. The summed E-state index contributed by atoms with van der Waals surface area (Å²) in [6, 6.07) is 14.2. The van der Waals surface area contributed by atoms with E-state index in [0.29, 0.717) is 23.0 Å². The molecule has 0 N–H and O–H groups in total. The van der Waals surface area contributed by atoms with E-state index < -0.39 is 12.1 Å². The van der Waals surface area contributed by atoms with Crippen molar-refractivity contribution in [2.45, 2.75) is 38.5 Å². The van der Waals surface area contributed by atoms with Crippen LogP contribution in [0.25, 0.3) is 0 Å². The Bertz CT molecular complexity index is 976. The molecule has 2 aromatic carbocycles. The molecule has 192 valence electrons. The number of nitrogens with zero attached hydrogens (tertiary/aromatic N) is 2. The van der Waals surface area contributed by atoms with E-state index in [-0.39, 0.29) is 12.5 Å². The molecule has 0 bridgehead atoms. The van der Waals surface area contributed by atoms with Crippen LogP contribution in [0.2, 0.25) is 0 Å². The molecule has 2 rings (SSSR count). The number of benzene rings is 2. The van der Waals surface area contributed by atoms with E-state index in [1.54, 1.807) is 21.3 Å². The van der Waals surface area contributed by atoms with Gasteiger partial charge in [0.15, 0.2) is 23.0 Å². The fourth-order valence-corrected chi connectivity index (χ4v) is 4.32. The average molecular weight is 487 g/mol. The molecule has 0 aromatic heterocycles. The number of nitriles is 1. The number of halogens is 1. The Morgan fingerprint density at radius 2 is 1.60 bits per heavy atom. The van der Waals surface area contributed by atoms with Gasteiger partial charge in [0.2, 0.25) is 0 Å². The van der Waals surface area contributed by atoms with Crippen molar-refractivity contribution in [1.82, 2.24) is 4.90 Å². The minimum absolute atomic E-state index is 0.0162. The van der Waals surface area contributed by atoms with Crippen molar-refractivity contribution in [2.24, 2.45) is 5.92 Å². The SMILES string of the molecule is COc1ccc([C@](C#N)(CCCN(C)CCc2ccc(OCCF)c(OC)c2)C(C)C)cc1OC. The van der Waals surface area contributed by atoms with Crippen LogP contribution in [-0.2, 0) is 11.8 Å². The molecule has 0 heterocycles. The number of hydrogen-bond donors (Lipinski definition) is 0. The van der Waals surface area contributed by atoms with E-state index in [2.05, 4.69) is 31.9 Å². The minimum Gasteiger partial charge on any atom is -0.493 e. The number of likely N-dealkylation sites (N-methyl/N-ethyl adjacent to an activating group) is 1. The molecule has 0 amide bonds. The zero-order chi connectivity index (χ0) is 25.8. The van der Waals surface area contributed by atoms with Crippen molar-refractivity contribution in [3.63, 3.8) is 0 Å². The lowest BCUT2D eigenvalue weighted by Crippen LogP contribution is -2.32. The van der Waals surface area contributed by atoms with E-state index in [9.17, 15) is 9.65 Å². The normalized spacial score (nSPS) is 12.8. The van der Waals surface area contributed by atoms with Crippen LogP contribution < -0.4 is 18.9 Å².